The van der Waals surface area contributed by atoms with Gasteiger partial charge in [-0.3, -0.25) is 4.99 Å². The van der Waals surface area contributed by atoms with Gasteiger partial charge in [0.15, 0.2) is 5.58 Å². The van der Waals surface area contributed by atoms with E-state index < -0.39 is 0 Å². The summed E-state index contributed by atoms with van der Waals surface area (Å²) in [6, 6.07) is 20.1. The third-order valence-electron chi connectivity index (χ3n) is 4.57. The minimum Gasteiger partial charge on any atom is -0.436 e. The molecule has 0 atom stereocenters. The van der Waals surface area contributed by atoms with Crippen molar-refractivity contribution in [2.24, 2.45) is 4.99 Å². The van der Waals surface area contributed by atoms with Gasteiger partial charge in [0.25, 0.3) is 0 Å². The third kappa shape index (κ3) is 4.12. The summed E-state index contributed by atoms with van der Waals surface area (Å²) in [5.41, 5.74) is 7.07. The highest BCUT2D eigenvalue weighted by atomic mass is 79.9. The van der Waals surface area contributed by atoms with E-state index in [2.05, 4.69) is 51.9 Å². The maximum Gasteiger partial charge on any atom is 0.227 e. The fourth-order valence-electron chi connectivity index (χ4n) is 2.89. The Hall–Kier alpha value is -2.98. The molecule has 1 aromatic heterocycles. The van der Waals surface area contributed by atoms with Crippen LogP contribution in [0, 0.1) is 13.8 Å². The Morgan fingerprint density at radius 1 is 0.964 bits per heavy atom. The van der Waals surface area contributed by atoms with Gasteiger partial charge in [0, 0.05) is 16.3 Å². The summed E-state index contributed by atoms with van der Waals surface area (Å²) < 4.78 is 6.98. The van der Waals surface area contributed by atoms with Crippen molar-refractivity contribution in [3.8, 4) is 11.5 Å². The molecule has 3 aromatic carbocycles. The molecular formula is C24H19BrN2O. The summed E-state index contributed by atoms with van der Waals surface area (Å²) in [6.45, 7) is 4.16. The van der Waals surface area contributed by atoms with Crippen LogP contribution in [0.4, 0.5) is 5.69 Å². The average Bonchev–Trinajstić information content (AvgIpc) is 3.09. The summed E-state index contributed by atoms with van der Waals surface area (Å²) in [7, 11) is 0. The van der Waals surface area contributed by atoms with Gasteiger partial charge in [-0.15, -0.1) is 0 Å². The van der Waals surface area contributed by atoms with Crippen LogP contribution >= 0.6 is 15.9 Å². The highest BCUT2D eigenvalue weighted by Crippen LogP contribution is 2.27. The Kier molecular flexibility index (Phi) is 5.22. The first-order valence-electron chi connectivity index (χ1n) is 9.03. The quantitative estimate of drug-likeness (QED) is 0.318. The number of hydrogen-bond acceptors (Lipinski definition) is 3. The normalized spacial score (nSPS) is 11.8. The second-order valence-corrected chi connectivity index (χ2v) is 7.58. The maximum absolute atomic E-state index is 5.92. The van der Waals surface area contributed by atoms with Crippen LogP contribution in [0.5, 0.6) is 0 Å². The molecule has 0 saturated carbocycles. The van der Waals surface area contributed by atoms with Gasteiger partial charge in [-0.1, -0.05) is 34.1 Å². The van der Waals surface area contributed by atoms with Gasteiger partial charge in [-0.05, 0) is 85.1 Å². The van der Waals surface area contributed by atoms with E-state index in [1.807, 2.05) is 60.7 Å². The van der Waals surface area contributed by atoms with Crippen LogP contribution in [0.1, 0.15) is 16.7 Å². The van der Waals surface area contributed by atoms with Crippen molar-refractivity contribution in [3.05, 3.63) is 87.9 Å². The predicted octanol–water partition coefficient (Wildman–Crippen LogP) is 7.29. The summed E-state index contributed by atoms with van der Waals surface area (Å²) in [5.74, 6) is 0.630. The molecule has 0 spiro atoms. The van der Waals surface area contributed by atoms with Gasteiger partial charge in [0.1, 0.15) is 5.52 Å². The molecule has 0 bridgehead atoms. The van der Waals surface area contributed by atoms with Crippen molar-refractivity contribution in [3.63, 3.8) is 0 Å². The zero-order chi connectivity index (χ0) is 19.5. The first-order chi connectivity index (χ1) is 13.6. The van der Waals surface area contributed by atoms with E-state index in [-0.39, 0.29) is 0 Å². The van der Waals surface area contributed by atoms with Crippen LogP contribution in [0.2, 0.25) is 0 Å². The van der Waals surface area contributed by atoms with Crippen molar-refractivity contribution in [1.29, 1.82) is 0 Å². The maximum atomic E-state index is 5.92. The topological polar surface area (TPSA) is 38.4 Å². The predicted molar refractivity (Wildman–Crippen MR) is 120 cm³/mol. The van der Waals surface area contributed by atoms with E-state index in [4.69, 9.17) is 4.42 Å². The molecule has 0 aliphatic heterocycles. The van der Waals surface area contributed by atoms with Crippen LogP contribution in [-0.2, 0) is 0 Å². The molecule has 3 nitrogen and oxygen atoms in total. The number of rotatable bonds is 4. The van der Waals surface area contributed by atoms with Crippen molar-refractivity contribution in [1.82, 2.24) is 4.98 Å². The van der Waals surface area contributed by atoms with E-state index in [0.717, 1.165) is 32.4 Å². The van der Waals surface area contributed by atoms with Gasteiger partial charge in [0.05, 0.1) is 5.69 Å². The highest BCUT2D eigenvalue weighted by Gasteiger charge is 2.09. The molecule has 0 amide bonds. The molecule has 0 fully saturated rings. The van der Waals surface area contributed by atoms with E-state index in [0.29, 0.717) is 5.89 Å². The molecule has 4 heteroatoms. The van der Waals surface area contributed by atoms with Crippen LogP contribution in [0.3, 0.4) is 0 Å². The summed E-state index contributed by atoms with van der Waals surface area (Å²) in [6.07, 6.45) is 5.74. The highest BCUT2D eigenvalue weighted by molar-refractivity contribution is 9.10. The SMILES string of the molecule is Cc1cc2nc(-c3ccc(N=C/C=C/c4cccc(Br)c4)cc3)oc2cc1C. The third-order valence-corrected chi connectivity index (χ3v) is 5.06. The fourth-order valence-corrected chi connectivity index (χ4v) is 3.30. The zero-order valence-electron chi connectivity index (χ0n) is 15.7. The number of aliphatic imine (C=N–C) groups is 1. The summed E-state index contributed by atoms with van der Waals surface area (Å²) >= 11 is 3.47. The minimum absolute atomic E-state index is 0.630. The Bertz CT molecular complexity index is 1150. The Labute approximate surface area is 172 Å². The number of oxazole rings is 1. The van der Waals surface area contributed by atoms with Crippen molar-refractivity contribution >= 4 is 45.0 Å². The number of nitrogens with zero attached hydrogens (tertiary/aromatic N) is 2. The molecule has 1 heterocycles. The minimum atomic E-state index is 0.630. The Morgan fingerprint density at radius 2 is 1.75 bits per heavy atom. The fraction of sp³-hybridized carbons (Fsp3) is 0.0833. The molecule has 0 saturated heterocycles. The summed E-state index contributed by atoms with van der Waals surface area (Å²) in [4.78, 5) is 9.08. The standard InChI is InChI=1S/C24H19BrN2O/c1-16-13-22-23(14-17(16)2)28-24(27-22)19-8-10-21(11-9-19)26-12-4-6-18-5-3-7-20(25)15-18/h3-15H,1-2H3/b6-4+,26-12?. The molecule has 0 N–H and O–H groups in total. The van der Waals surface area contributed by atoms with Gasteiger partial charge in [-0.25, -0.2) is 4.98 Å². The number of fused-ring (bicyclic) bond motifs is 1. The van der Waals surface area contributed by atoms with Crippen LogP contribution < -0.4 is 0 Å². The van der Waals surface area contributed by atoms with Crippen molar-refractivity contribution < 1.29 is 4.42 Å². The van der Waals surface area contributed by atoms with E-state index in [9.17, 15) is 0 Å². The van der Waals surface area contributed by atoms with Crippen LogP contribution in [0.25, 0.3) is 28.6 Å². The first-order valence-corrected chi connectivity index (χ1v) is 9.82. The molecule has 0 unspecified atom stereocenters. The lowest BCUT2D eigenvalue weighted by Crippen LogP contribution is -1.79. The number of benzene rings is 3. The number of aryl methyl sites for hydroxylation is 2. The number of aromatic nitrogens is 1. The molecule has 4 rings (SSSR count). The largest absolute Gasteiger partial charge is 0.436 e. The number of hydrogen-bond donors (Lipinski definition) is 0. The van der Waals surface area contributed by atoms with Crippen LogP contribution in [-0.4, -0.2) is 11.2 Å². The Balaban J connectivity index is 1.49. The van der Waals surface area contributed by atoms with Crippen molar-refractivity contribution in [2.45, 2.75) is 13.8 Å². The molecular weight excluding hydrogens is 412 g/mol. The molecule has 28 heavy (non-hydrogen) atoms. The lowest BCUT2D eigenvalue weighted by molar-refractivity contribution is 0.619. The molecule has 4 aromatic rings. The lowest BCUT2D eigenvalue weighted by atomic mass is 10.1. The Morgan fingerprint density at radius 3 is 2.54 bits per heavy atom. The first kappa shape index (κ1) is 18.4. The molecule has 0 aliphatic carbocycles. The molecule has 0 aliphatic rings. The molecule has 138 valence electrons. The van der Waals surface area contributed by atoms with Gasteiger partial charge >= 0.3 is 0 Å². The van der Waals surface area contributed by atoms with E-state index in [1.165, 1.54) is 11.1 Å². The number of halogens is 1. The van der Waals surface area contributed by atoms with Crippen molar-refractivity contribution in [2.75, 3.05) is 0 Å². The van der Waals surface area contributed by atoms with E-state index in [1.54, 1.807) is 6.21 Å². The smallest absolute Gasteiger partial charge is 0.227 e. The lowest BCUT2D eigenvalue weighted by Gasteiger charge is -1.96. The van der Waals surface area contributed by atoms with E-state index >= 15 is 0 Å². The van der Waals surface area contributed by atoms with Gasteiger partial charge < -0.3 is 4.42 Å². The zero-order valence-corrected chi connectivity index (χ0v) is 17.3. The van der Waals surface area contributed by atoms with Gasteiger partial charge in [0.2, 0.25) is 5.89 Å². The second-order valence-electron chi connectivity index (χ2n) is 6.66. The molecule has 0 radical (unpaired) electrons. The average molecular weight is 431 g/mol. The second kappa shape index (κ2) is 7.95. The summed E-state index contributed by atoms with van der Waals surface area (Å²) in [5, 5.41) is 0. The number of allylic oxidation sites excluding steroid dienone is 1. The van der Waals surface area contributed by atoms with Crippen LogP contribution in [0.15, 0.2) is 80.6 Å². The monoisotopic (exact) mass is 430 g/mol. The van der Waals surface area contributed by atoms with Gasteiger partial charge in [-0.2, -0.15) is 0 Å².